The number of hydrogen-bond donors (Lipinski definition) is 2. The van der Waals surface area contributed by atoms with E-state index >= 15 is 0 Å². The Bertz CT molecular complexity index is 185. The molecule has 0 aromatic carbocycles. The standard InChI is InChI=1S/C10H22N2O2/c1-8(11)5-6-9(13)12(4)7-10(2,3)14/h8,14H,5-7,11H2,1-4H3. The van der Waals surface area contributed by atoms with Crippen molar-refractivity contribution in [2.24, 2.45) is 5.73 Å². The molecule has 0 aliphatic carbocycles. The molecule has 0 fully saturated rings. The van der Waals surface area contributed by atoms with Crippen LogP contribution in [0.15, 0.2) is 0 Å². The van der Waals surface area contributed by atoms with Crippen molar-refractivity contribution in [3.63, 3.8) is 0 Å². The Labute approximate surface area is 86.1 Å². The summed E-state index contributed by atoms with van der Waals surface area (Å²) < 4.78 is 0. The molecule has 1 atom stereocenters. The maximum absolute atomic E-state index is 11.5. The fourth-order valence-electron chi connectivity index (χ4n) is 1.21. The highest BCUT2D eigenvalue weighted by molar-refractivity contribution is 5.75. The van der Waals surface area contributed by atoms with Crippen LogP contribution in [-0.2, 0) is 4.79 Å². The predicted molar refractivity (Wildman–Crippen MR) is 56.8 cm³/mol. The Hall–Kier alpha value is -0.610. The maximum atomic E-state index is 11.5. The van der Waals surface area contributed by atoms with Gasteiger partial charge >= 0.3 is 0 Å². The molecule has 0 heterocycles. The molecule has 0 saturated heterocycles. The minimum Gasteiger partial charge on any atom is -0.389 e. The van der Waals surface area contributed by atoms with Crippen molar-refractivity contribution >= 4 is 5.91 Å². The van der Waals surface area contributed by atoms with Gasteiger partial charge in [-0.25, -0.2) is 0 Å². The van der Waals surface area contributed by atoms with E-state index < -0.39 is 5.60 Å². The van der Waals surface area contributed by atoms with E-state index in [1.807, 2.05) is 6.92 Å². The van der Waals surface area contributed by atoms with E-state index in [1.54, 1.807) is 25.8 Å². The second kappa shape index (κ2) is 5.32. The zero-order valence-corrected chi connectivity index (χ0v) is 9.58. The van der Waals surface area contributed by atoms with Crippen molar-refractivity contribution in [2.75, 3.05) is 13.6 Å². The summed E-state index contributed by atoms with van der Waals surface area (Å²) in [4.78, 5) is 13.0. The number of carbonyl (C=O) groups excluding carboxylic acids is 1. The van der Waals surface area contributed by atoms with Crippen LogP contribution in [0.4, 0.5) is 0 Å². The van der Waals surface area contributed by atoms with Gasteiger partial charge in [0.25, 0.3) is 0 Å². The molecule has 0 aliphatic heterocycles. The van der Waals surface area contributed by atoms with Gasteiger partial charge in [-0.05, 0) is 27.2 Å². The number of nitrogens with two attached hydrogens (primary N) is 1. The van der Waals surface area contributed by atoms with Gasteiger partial charge in [-0.1, -0.05) is 0 Å². The van der Waals surface area contributed by atoms with Gasteiger partial charge in [-0.2, -0.15) is 0 Å². The molecule has 1 unspecified atom stereocenters. The zero-order valence-electron chi connectivity index (χ0n) is 9.58. The minimum absolute atomic E-state index is 0.0319. The predicted octanol–water partition coefficient (Wildman–Crippen LogP) is 0.343. The van der Waals surface area contributed by atoms with Crippen LogP contribution in [0.25, 0.3) is 0 Å². The van der Waals surface area contributed by atoms with Crippen molar-refractivity contribution in [2.45, 2.75) is 45.3 Å². The van der Waals surface area contributed by atoms with E-state index in [-0.39, 0.29) is 11.9 Å². The average Bonchev–Trinajstić information content (AvgIpc) is 1.96. The Kier molecular flexibility index (Phi) is 5.08. The van der Waals surface area contributed by atoms with Crippen molar-refractivity contribution in [3.8, 4) is 0 Å². The molecule has 0 spiro atoms. The number of likely N-dealkylation sites (N-methyl/N-ethyl adjacent to an activating group) is 1. The number of carbonyl (C=O) groups is 1. The second-order valence-corrected chi connectivity index (χ2v) is 4.58. The summed E-state index contributed by atoms with van der Waals surface area (Å²) in [6.45, 7) is 5.60. The summed E-state index contributed by atoms with van der Waals surface area (Å²) in [5.74, 6) is 0.0319. The zero-order chi connectivity index (χ0) is 11.4. The largest absolute Gasteiger partial charge is 0.389 e. The van der Waals surface area contributed by atoms with Crippen LogP contribution in [0, 0.1) is 0 Å². The topological polar surface area (TPSA) is 66.6 Å². The number of nitrogens with zero attached hydrogens (tertiary/aromatic N) is 1. The van der Waals surface area contributed by atoms with Crippen molar-refractivity contribution in [3.05, 3.63) is 0 Å². The summed E-state index contributed by atoms with van der Waals surface area (Å²) in [5.41, 5.74) is 4.71. The van der Waals surface area contributed by atoms with Crippen LogP contribution in [0.3, 0.4) is 0 Å². The highest BCUT2D eigenvalue weighted by atomic mass is 16.3. The Balaban J connectivity index is 3.88. The number of rotatable bonds is 5. The summed E-state index contributed by atoms with van der Waals surface area (Å²) in [7, 11) is 1.70. The first kappa shape index (κ1) is 13.4. The molecule has 0 aromatic rings. The third kappa shape index (κ3) is 6.86. The molecule has 0 saturated carbocycles. The molecule has 4 nitrogen and oxygen atoms in total. The molecule has 0 aliphatic rings. The van der Waals surface area contributed by atoms with E-state index in [1.165, 1.54) is 0 Å². The Morgan fingerprint density at radius 1 is 1.57 bits per heavy atom. The van der Waals surface area contributed by atoms with Gasteiger partial charge in [0, 0.05) is 26.1 Å². The lowest BCUT2D eigenvalue weighted by Gasteiger charge is -2.25. The lowest BCUT2D eigenvalue weighted by Crippen LogP contribution is -2.40. The van der Waals surface area contributed by atoms with Gasteiger partial charge in [0.15, 0.2) is 0 Å². The van der Waals surface area contributed by atoms with E-state index in [9.17, 15) is 9.90 Å². The normalized spacial score (nSPS) is 13.9. The van der Waals surface area contributed by atoms with Gasteiger partial charge in [-0.15, -0.1) is 0 Å². The van der Waals surface area contributed by atoms with Crippen LogP contribution < -0.4 is 5.73 Å². The summed E-state index contributed by atoms with van der Waals surface area (Å²) in [6, 6.07) is 0.0505. The minimum atomic E-state index is -0.835. The molecular formula is C10H22N2O2. The molecule has 14 heavy (non-hydrogen) atoms. The van der Waals surface area contributed by atoms with E-state index in [2.05, 4.69) is 0 Å². The first-order valence-electron chi connectivity index (χ1n) is 4.94. The molecule has 0 bridgehead atoms. The SMILES string of the molecule is CC(N)CCC(=O)N(C)CC(C)(C)O. The van der Waals surface area contributed by atoms with Crippen molar-refractivity contribution in [1.29, 1.82) is 0 Å². The first-order chi connectivity index (χ1) is 6.22. The average molecular weight is 202 g/mol. The van der Waals surface area contributed by atoms with Gasteiger partial charge in [0.2, 0.25) is 5.91 Å². The van der Waals surface area contributed by atoms with Gasteiger partial charge in [0.1, 0.15) is 0 Å². The van der Waals surface area contributed by atoms with Crippen LogP contribution in [0.1, 0.15) is 33.6 Å². The molecule has 0 aromatic heterocycles. The lowest BCUT2D eigenvalue weighted by atomic mass is 10.1. The summed E-state index contributed by atoms with van der Waals surface area (Å²) >= 11 is 0. The van der Waals surface area contributed by atoms with E-state index in [0.29, 0.717) is 19.4 Å². The highest BCUT2D eigenvalue weighted by Crippen LogP contribution is 2.05. The van der Waals surface area contributed by atoms with E-state index in [4.69, 9.17) is 5.73 Å². The smallest absolute Gasteiger partial charge is 0.222 e. The molecule has 0 rings (SSSR count). The lowest BCUT2D eigenvalue weighted by molar-refractivity contribution is -0.132. The van der Waals surface area contributed by atoms with Gasteiger partial charge < -0.3 is 15.7 Å². The fraction of sp³-hybridized carbons (Fsp3) is 0.900. The van der Waals surface area contributed by atoms with Gasteiger partial charge in [0.05, 0.1) is 5.60 Å². The molecule has 3 N–H and O–H groups in total. The molecule has 0 radical (unpaired) electrons. The quantitative estimate of drug-likeness (QED) is 0.675. The molecule has 4 heteroatoms. The van der Waals surface area contributed by atoms with Crippen LogP contribution in [-0.4, -0.2) is 41.1 Å². The fourth-order valence-corrected chi connectivity index (χ4v) is 1.21. The number of amides is 1. The monoisotopic (exact) mass is 202 g/mol. The highest BCUT2D eigenvalue weighted by Gasteiger charge is 2.18. The maximum Gasteiger partial charge on any atom is 0.222 e. The molecule has 1 amide bonds. The van der Waals surface area contributed by atoms with Crippen LogP contribution in [0.5, 0.6) is 0 Å². The summed E-state index contributed by atoms with van der Waals surface area (Å²) in [5, 5.41) is 9.50. The van der Waals surface area contributed by atoms with Crippen molar-refractivity contribution in [1.82, 2.24) is 4.90 Å². The van der Waals surface area contributed by atoms with Crippen LogP contribution >= 0.6 is 0 Å². The Morgan fingerprint density at radius 3 is 2.43 bits per heavy atom. The van der Waals surface area contributed by atoms with Crippen LogP contribution in [0.2, 0.25) is 0 Å². The number of aliphatic hydroxyl groups is 1. The van der Waals surface area contributed by atoms with Gasteiger partial charge in [-0.3, -0.25) is 4.79 Å². The third-order valence-corrected chi connectivity index (χ3v) is 1.86. The molecule has 84 valence electrons. The Morgan fingerprint density at radius 2 is 2.07 bits per heavy atom. The third-order valence-electron chi connectivity index (χ3n) is 1.86. The molecular weight excluding hydrogens is 180 g/mol. The number of hydrogen-bond acceptors (Lipinski definition) is 3. The second-order valence-electron chi connectivity index (χ2n) is 4.58. The van der Waals surface area contributed by atoms with Crippen molar-refractivity contribution < 1.29 is 9.90 Å². The first-order valence-corrected chi connectivity index (χ1v) is 4.94. The summed E-state index contributed by atoms with van der Waals surface area (Å²) in [6.07, 6.45) is 1.14. The van der Waals surface area contributed by atoms with E-state index in [0.717, 1.165) is 0 Å².